The Morgan fingerprint density at radius 1 is 0.500 bits per heavy atom. The Hall–Kier alpha value is -1.96. The number of unbranched alkanes of at least 4 members (excludes halogenated alkanes) is 19. The van der Waals surface area contributed by atoms with E-state index >= 15 is 0 Å². The molecule has 0 aliphatic rings. The van der Waals surface area contributed by atoms with Crippen LogP contribution in [-0.4, -0.2) is 49.7 Å². The fourth-order valence-corrected chi connectivity index (χ4v) is 5.65. The van der Waals surface area contributed by atoms with Gasteiger partial charge < -0.3 is 20.4 Å². The van der Waals surface area contributed by atoms with Gasteiger partial charge in [-0.2, -0.15) is 0 Å². The van der Waals surface area contributed by atoms with Crippen LogP contribution in [0, 0.1) is 5.41 Å². The number of rotatable bonds is 29. The lowest BCUT2D eigenvalue weighted by Gasteiger charge is -2.39. The van der Waals surface area contributed by atoms with Crippen LogP contribution < -0.4 is 0 Å². The van der Waals surface area contributed by atoms with E-state index in [0.29, 0.717) is 19.3 Å². The summed E-state index contributed by atoms with van der Waals surface area (Å²) in [5, 5.41) is 40.2. The molecule has 8 nitrogen and oxygen atoms in total. The Morgan fingerprint density at radius 3 is 1.18 bits per heavy atom. The van der Waals surface area contributed by atoms with Crippen molar-refractivity contribution >= 4 is 23.7 Å². The van der Waals surface area contributed by atoms with Crippen molar-refractivity contribution in [2.24, 2.45) is 5.41 Å². The van der Waals surface area contributed by atoms with E-state index in [0.717, 1.165) is 44.9 Å². The molecule has 0 rings (SSSR count). The van der Waals surface area contributed by atoms with E-state index in [1.165, 1.54) is 64.2 Å². The van der Waals surface area contributed by atoms with Gasteiger partial charge in [0.25, 0.3) is 0 Å². The summed E-state index contributed by atoms with van der Waals surface area (Å²) in [4.78, 5) is 49.3. The van der Waals surface area contributed by atoms with Crippen LogP contribution in [0.5, 0.6) is 0 Å². The van der Waals surface area contributed by atoms with Crippen LogP contribution in [0.1, 0.15) is 168 Å². The molecule has 0 radical (unpaired) electrons. The Balaban J connectivity index is 4.77. The zero-order chi connectivity index (χ0) is 30.3. The second kappa shape index (κ2) is 22.7. The second-order valence-corrected chi connectivity index (χ2v) is 11.6. The third-order valence-corrected chi connectivity index (χ3v) is 8.22. The summed E-state index contributed by atoms with van der Waals surface area (Å²) in [6, 6.07) is 0. The van der Waals surface area contributed by atoms with Crippen LogP contribution >= 0.6 is 0 Å². The fraction of sp³-hybridized carbons (Fsp3) is 0.875. The lowest BCUT2D eigenvalue weighted by Crippen LogP contribution is -2.63. The van der Waals surface area contributed by atoms with E-state index in [-0.39, 0.29) is 12.8 Å². The molecule has 0 aliphatic heterocycles. The average Bonchev–Trinajstić information content (AvgIpc) is 2.89. The fourth-order valence-electron chi connectivity index (χ4n) is 5.65. The van der Waals surface area contributed by atoms with Crippen LogP contribution in [0.25, 0.3) is 0 Å². The summed E-state index contributed by atoms with van der Waals surface area (Å²) < 4.78 is 0. The topological polar surface area (TPSA) is 149 Å². The number of carbonyl (C=O) groups is 4. The van der Waals surface area contributed by atoms with E-state index in [2.05, 4.69) is 6.92 Å². The molecule has 0 saturated heterocycles. The summed E-state index contributed by atoms with van der Waals surface area (Å²) in [5.74, 6) is -6.33. The molecule has 40 heavy (non-hydrogen) atoms. The number of aliphatic carboxylic acids is 3. The second-order valence-electron chi connectivity index (χ2n) is 11.6. The molecule has 0 aromatic carbocycles. The molecule has 0 aliphatic carbocycles. The number of carboxylic acids is 3. The molecule has 8 heteroatoms. The summed E-state index contributed by atoms with van der Waals surface area (Å²) in [7, 11) is 0. The zero-order valence-corrected chi connectivity index (χ0v) is 25.4. The molecule has 0 bridgehead atoms. The zero-order valence-electron chi connectivity index (χ0n) is 25.4. The molecule has 0 amide bonds. The maximum Gasteiger partial charge on any atom is 0.338 e. The summed E-state index contributed by atoms with van der Waals surface area (Å²) >= 11 is 0. The van der Waals surface area contributed by atoms with Crippen molar-refractivity contribution < 1.29 is 39.6 Å². The predicted molar refractivity (Wildman–Crippen MR) is 157 cm³/mol. The largest absolute Gasteiger partial charge is 0.481 e. The Kier molecular flexibility index (Phi) is 21.6. The highest BCUT2D eigenvalue weighted by atomic mass is 16.4. The summed E-state index contributed by atoms with van der Waals surface area (Å²) in [6.45, 7) is 4.27. The van der Waals surface area contributed by atoms with Crippen molar-refractivity contribution in [2.45, 2.75) is 174 Å². The highest BCUT2D eigenvalue weighted by molar-refractivity contribution is 6.09. The number of aliphatic hydroxyl groups is 1. The average molecular weight is 571 g/mol. The molecule has 0 aromatic heterocycles. The van der Waals surface area contributed by atoms with Gasteiger partial charge in [0.15, 0.2) is 16.8 Å². The normalized spacial score (nSPS) is 14.4. The van der Waals surface area contributed by atoms with Gasteiger partial charge in [0.05, 0.1) is 6.42 Å². The minimum absolute atomic E-state index is 0.204. The van der Waals surface area contributed by atoms with Gasteiger partial charge in [0, 0.05) is 6.42 Å². The van der Waals surface area contributed by atoms with E-state index in [1.807, 2.05) is 6.92 Å². The number of hydrogen-bond acceptors (Lipinski definition) is 5. The number of ketones is 1. The van der Waals surface area contributed by atoms with Gasteiger partial charge in [-0.15, -0.1) is 0 Å². The highest BCUT2D eigenvalue weighted by Crippen LogP contribution is 2.43. The van der Waals surface area contributed by atoms with Gasteiger partial charge in [-0.1, -0.05) is 142 Å². The van der Waals surface area contributed by atoms with Gasteiger partial charge >= 0.3 is 17.9 Å². The lowest BCUT2D eigenvalue weighted by atomic mass is 9.63. The first kappa shape index (κ1) is 38.0. The maximum atomic E-state index is 13.3. The molecular weight excluding hydrogens is 512 g/mol. The maximum absolute atomic E-state index is 13.3. The smallest absolute Gasteiger partial charge is 0.338 e. The lowest BCUT2D eigenvalue weighted by molar-refractivity contribution is -0.196. The quantitative estimate of drug-likeness (QED) is 0.0523. The Labute approximate surface area is 242 Å². The first-order valence-electron chi connectivity index (χ1n) is 16.0. The molecule has 4 N–H and O–H groups in total. The highest BCUT2D eigenvalue weighted by Gasteiger charge is 2.65. The standard InChI is InChI=1S/C32H58O8/c1-3-5-7-9-10-11-12-13-14-15-16-17-18-19-21-23-25-31(29(36)37,27(33)24-22-20-8-6-4-2)32(40,30(38)39)26-28(34)35/h40H,3-26H2,1-2H3,(H,34,35)(H,36,37)(H,38,39). The van der Waals surface area contributed by atoms with Crippen LogP contribution in [0.3, 0.4) is 0 Å². The molecule has 0 heterocycles. The van der Waals surface area contributed by atoms with Crippen molar-refractivity contribution in [3.05, 3.63) is 0 Å². The van der Waals surface area contributed by atoms with E-state index < -0.39 is 47.5 Å². The third kappa shape index (κ3) is 14.1. The minimum atomic E-state index is -3.22. The van der Waals surface area contributed by atoms with E-state index in [1.54, 1.807) is 0 Å². The van der Waals surface area contributed by atoms with Gasteiger partial charge in [-0.3, -0.25) is 14.4 Å². The molecule has 0 fully saturated rings. The third-order valence-electron chi connectivity index (χ3n) is 8.22. The van der Waals surface area contributed by atoms with Crippen molar-refractivity contribution in [2.75, 3.05) is 0 Å². The molecule has 2 atom stereocenters. The summed E-state index contributed by atoms with van der Waals surface area (Å²) in [6.07, 6.45) is 19.7. The van der Waals surface area contributed by atoms with Crippen molar-refractivity contribution in [1.29, 1.82) is 0 Å². The first-order chi connectivity index (χ1) is 19.1. The van der Waals surface area contributed by atoms with Crippen LogP contribution in [0.2, 0.25) is 0 Å². The van der Waals surface area contributed by atoms with Crippen LogP contribution in [0.15, 0.2) is 0 Å². The van der Waals surface area contributed by atoms with Crippen molar-refractivity contribution in [1.82, 2.24) is 0 Å². The van der Waals surface area contributed by atoms with E-state index in [9.17, 15) is 39.6 Å². The minimum Gasteiger partial charge on any atom is -0.481 e. The van der Waals surface area contributed by atoms with Crippen LogP contribution in [0.4, 0.5) is 0 Å². The van der Waals surface area contributed by atoms with Crippen molar-refractivity contribution in [3.8, 4) is 0 Å². The molecule has 0 aromatic rings. The van der Waals surface area contributed by atoms with Gasteiger partial charge in [-0.05, 0) is 12.8 Å². The molecular formula is C32H58O8. The number of carbonyl (C=O) groups excluding carboxylic acids is 1. The van der Waals surface area contributed by atoms with Gasteiger partial charge in [0.1, 0.15) is 0 Å². The van der Waals surface area contributed by atoms with Gasteiger partial charge in [-0.25, -0.2) is 4.79 Å². The Bertz CT molecular complexity index is 722. The molecule has 0 saturated carbocycles. The van der Waals surface area contributed by atoms with Gasteiger partial charge in [0.2, 0.25) is 0 Å². The SMILES string of the molecule is CCCCCCCCCCCCCCCCCCC(C(=O)O)(C(=O)CCCCCCC)C(O)(CC(=O)O)C(=O)O. The molecule has 2 unspecified atom stereocenters. The number of hydrogen-bond donors (Lipinski definition) is 4. The first-order valence-corrected chi connectivity index (χ1v) is 16.0. The number of carboxylic acid groups (broad SMARTS) is 3. The Morgan fingerprint density at radius 2 is 0.850 bits per heavy atom. The predicted octanol–water partition coefficient (Wildman–Crippen LogP) is 7.93. The van der Waals surface area contributed by atoms with E-state index in [4.69, 9.17) is 0 Å². The monoisotopic (exact) mass is 570 g/mol. The van der Waals surface area contributed by atoms with Crippen LogP contribution in [-0.2, 0) is 19.2 Å². The molecule has 0 spiro atoms. The van der Waals surface area contributed by atoms with Crippen molar-refractivity contribution in [3.63, 3.8) is 0 Å². The number of Topliss-reactive ketones (excluding diaryl/α,β-unsaturated/α-hetero) is 1. The molecule has 234 valence electrons. The summed E-state index contributed by atoms with van der Waals surface area (Å²) in [5.41, 5.74) is -5.92.